The van der Waals surface area contributed by atoms with Crippen LogP contribution in [-0.4, -0.2) is 29.1 Å². The highest BCUT2D eigenvalue weighted by atomic mass is 79.9. The van der Waals surface area contributed by atoms with E-state index in [2.05, 4.69) is 15.9 Å². The van der Waals surface area contributed by atoms with Crippen molar-refractivity contribution in [3.63, 3.8) is 0 Å². The van der Waals surface area contributed by atoms with Gasteiger partial charge in [0.1, 0.15) is 5.82 Å². The van der Waals surface area contributed by atoms with Crippen LogP contribution in [0.15, 0.2) is 22.7 Å². The maximum Gasteiger partial charge on any atom is 0.307 e. The zero-order chi connectivity index (χ0) is 13.7. The maximum atomic E-state index is 13.0. The van der Waals surface area contributed by atoms with Crippen molar-refractivity contribution in [3.8, 4) is 0 Å². The number of benzene rings is 1. The summed E-state index contributed by atoms with van der Waals surface area (Å²) in [4.78, 5) is 12.9. The summed E-state index contributed by atoms with van der Waals surface area (Å²) in [5.74, 6) is -1.50. The molecule has 0 fully saturated rings. The Morgan fingerprint density at radius 3 is 2.72 bits per heavy atom. The standard InChI is InChI=1S/C13H17BrFNO2/c1-3-16(7-9(2)13(17)18)8-10-4-5-11(15)6-12(10)14/h4-6,9H,3,7-8H2,1-2H3,(H,17,18). The number of rotatable bonds is 6. The van der Waals surface area contributed by atoms with Crippen LogP contribution in [0, 0.1) is 11.7 Å². The Labute approximate surface area is 115 Å². The molecule has 100 valence electrons. The summed E-state index contributed by atoms with van der Waals surface area (Å²) in [6.07, 6.45) is 0. The van der Waals surface area contributed by atoms with Crippen molar-refractivity contribution in [2.45, 2.75) is 20.4 Å². The van der Waals surface area contributed by atoms with E-state index in [9.17, 15) is 9.18 Å². The summed E-state index contributed by atoms with van der Waals surface area (Å²) in [5.41, 5.74) is 0.954. The number of nitrogens with zero attached hydrogens (tertiary/aromatic N) is 1. The van der Waals surface area contributed by atoms with E-state index in [0.29, 0.717) is 17.6 Å². The molecule has 18 heavy (non-hydrogen) atoms. The molecule has 0 heterocycles. The van der Waals surface area contributed by atoms with E-state index in [4.69, 9.17) is 5.11 Å². The Bertz CT molecular complexity index is 425. The van der Waals surface area contributed by atoms with Gasteiger partial charge in [0, 0.05) is 17.6 Å². The maximum absolute atomic E-state index is 13.0. The Morgan fingerprint density at radius 2 is 2.22 bits per heavy atom. The molecule has 1 rings (SSSR count). The molecule has 0 aliphatic rings. The van der Waals surface area contributed by atoms with Gasteiger partial charge in [-0.1, -0.05) is 35.8 Å². The molecule has 0 spiro atoms. The van der Waals surface area contributed by atoms with Gasteiger partial charge >= 0.3 is 5.97 Å². The van der Waals surface area contributed by atoms with Crippen molar-refractivity contribution in [2.75, 3.05) is 13.1 Å². The highest BCUT2D eigenvalue weighted by molar-refractivity contribution is 9.10. The predicted octanol–water partition coefficient (Wildman–Crippen LogP) is 3.13. The second-order valence-electron chi connectivity index (χ2n) is 4.30. The minimum absolute atomic E-state index is 0.285. The smallest absolute Gasteiger partial charge is 0.307 e. The molecule has 0 bridgehead atoms. The quantitative estimate of drug-likeness (QED) is 0.876. The summed E-state index contributed by atoms with van der Waals surface area (Å²) in [6.45, 7) is 5.50. The van der Waals surface area contributed by atoms with Crippen LogP contribution in [0.1, 0.15) is 19.4 Å². The van der Waals surface area contributed by atoms with Gasteiger partial charge in [-0.15, -0.1) is 0 Å². The fraction of sp³-hybridized carbons (Fsp3) is 0.462. The molecule has 0 aliphatic heterocycles. The topological polar surface area (TPSA) is 40.5 Å². The first-order chi connectivity index (χ1) is 8.43. The number of halogens is 2. The molecule has 1 N–H and O–H groups in total. The minimum atomic E-state index is -0.799. The average molecular weight is 318 g/mol. The summed E-state index contributed by atoms with van der Waals surface area (Å²) in [6, 6.07) is 4.55. The predicted molar refractivity (Wildman–Crippen MR) is 71.9 cm³/mol. The number of carboxylic acids is 1. The van der Waals surface area contributed by atoms with E-state index in [0.717, 1.165) is 12.1 Å². The van der Waals surface area contributed by atoms with E-state index in [1.165, 1.54) is 12.1 Å². The van der Waals surface area contributed by atoms with Crippen molar-refractivity contribution in [1.82, 2.24) is 4.90 Å². The molecule has 0 saturated carbocycles. The monoisotopic (exact) mass is 317 g/mol. The SMILES string of the molecule is CCN(Cc1ccc(F)cc1Br)CC(C)C(=O)O. The summed E-state index contributed by atoms with van der Waals surface area (Å²) in [7, 11) is 0. The Balaban J connectivity index is 2.70. The second kappa shape index (κ2) is 6.85. The number of hydrogen-bond donors (Lipinski definition) is 1. The molecular weight excluding hydrogens is 301 g/mol. The van der Waals surface area contributed by atoms with E-state index in [1.54, 1.807) is 13.0 Å². The van der Waals surface area contributed by atoms with Crippen molar-refractivity contribution in [2.24, 2.45) is 5.92 Å². The third kappa shape index (κ3) is 4.38. The van der Waals surface area contributed by atoms with Crippen LogP contribution in [0.4, 0.5) is 4.39 Å². The molecule has 3 nitrogen and oxygen atoms in total. The molecular formula is C13H17BrFNO2. The highest BCUT2D eigenvalue weighted by Crippen LogP contribution is 2.20. The van der Waals surface area contributed by atoms with Gasteiger partial charge in [0.25, 0.3) is 0 Å². The van der Waals surface area contributed by atoms with Gasteiger partial charge in [-0.25, -0.2) is 4.39 Å². The number of carbonyl (C=O) groups is 1. The molecule has 1 aromatic rings. The number of hydrogen-bond acceptors (Lipinski definition) is 2. The van der Waals surface area contributed by atoms with Crippen molar-refractivity contribution in [1.29, 1.82) is 0 Å². The zero-order valence-electron chi connectivity index (χ0n) is 10.5. The average Bonchev–Trinajstić information content (AvgIpc) is 2.31. The fourth-order valence-corrected chi connectivity index (χ4v) is 2.14. The van der Waals surface area contributed by atoms with Gasteiger partial charge in [0.15, 0.2) is 0 Å². The number of carboxylic acid groups (broad SMARTS) is 1. The van der Waals surface area contributed by atoms with E-state index >= 15 is 0 Å². The van der Waals surface area contributed by atoms with Gasteiger partial charge in [0.2, 0.25) is 0 Å². The molecule has 1 aromatic carbocycles. The van der Waals surface area contributed by atoms with Gasteiger partial charge in [0.05, 0.1) is 5.92 Å². The third-order valence-electron chi connectivity index (χ3n) is 2.81. The van der Waals surface area contributed by atoms with Crippen LogP contribution in [0.3, 0.4) is 0 Å². The third-order valence-corrected chi connectivity index (χ3v) is 3.55. The van der Waals surface area contributed by atoms with E-state index < -0.39 is 11.9 Å². The first-order valence-corrected chi connectivity index (χ1v) is 6.62. The summed E-state index contributed by atoms with van der Waals surface area (Å²) < 4.78 is 13.7. The Morgan fingerprint density at radius 1 is 1.56 bits per heavy atom. The largest absolute Gasteiger partial charge is 0.481 e. The molecule has 0 amide bonds. The normalized spacial score (nSPS) is 12.7. The van der Waals surface area contributed by atoms with E-state index in [1.807, 2.05) is 11.8 Å². The Hall–Kier alpha value is -0.940. The molecule has 1 unspecified atom stereocenters. The van der Waals surface area contributed by atoms with Gasteiger partial charge in [-0.2, -0.15) is 0 Å². The zero-order valence-corrected chi connectivity index (χ0v) is 12.1. The van der Waals surface area contributed by atoms with Crippen LogP contribution < -0.4 is 0 Å². The highest BCUT2D eigenvalue weighted by Gasteiger charge is 2.16. The minimum Gasteiger partial charge on any atom is -0.481 e. The van der Waals surface area contributed by atoms with Gasteiger partial charge < -0.3 is 5.11 Å². The summed E-state index contributed by atoms with van der Waals surface area (Å²) in [5, 5.41) is 8.90. The fourth-order valence-electron chi connectivity index (χ4n) is 1.66. The molecule has 0 saturated heterocycles. The van der Waals surface area contributed by atoms with Gasteiger partial charge in [-0.3, -0.25) is 9.69 Å². The first-order valence-electron chi connectivity index (χ1n) is 5.83. The number of aliphatic carboxylic acids is 1. The Kier molecular flexibility index (Phi) is 5.75. The lowest BCUT2D eigenvalue weighted by atomic mass is 10.1. The molecule has 5 heteroatoms. The van der Waals surface area contributed by atoms with Gasteiger partial charge in [-0.05, 0) is 24.2 Å². The van der Waals surface area contributed by atoms with Crippen LogP contribution in [-0.2, 0) is 11.3 Å². The van der Waals surface area contributed by atoms with Crippen LogP contribution in [0.2, 0.25) is 0 Å². The van der Waals surface area contributed by atoms with Crippen LogP contribution in [0.25, 0.3) is 0 Å². The van der Waals surface area contributed by atoms with Crippen LogP contribution >= 0.6 is 15.9 Å². The molecule has 0 aromatic heterocycles. The second-order valence-corrected chi connectivity index (χ2v) is 5.16. The molecule has 0 aliphatic carbocycles. The molecule has 0 radical (unpaired) electrons. The van der Waals surface area contributed by atoms with Crippen molar-refractivity contribution >= 4 is 21.9 Å². The van der Waals surface area contributed by atoms with Crippen molar-refractivity contribution < 1.29 is 14.3 Å². The van der Waals surface area contributed by atoms with E-state index in [-0.39, 0.29) is 5.82 Å². The van der Waals surface area contributed by atoms with Crippen LogP contribution in [0.5, 0.6) is 0 Å². The lowest BCUT2D eigenvalue weighted by molar-refractivity contribution is -0.141. The molecule has 1 atom stereocenters. The van der Waals surface area contributed by atoms with Crippen molar-refractivity contribution in [3.05, 3.63) is 34.1 Å². The lowest BCUT2D eigenvalue weighted by Gasteiger charge is -2.23. The lowest BCUT2D eigenvalue weighted by Crippen LogP contribution is -2.31. The summed E-state index contributed by atoms with van der Waals surface area (Å²) >= 11 is 3.32. The first kappa shape index (κ1) is 15.1.